The number of nitrogens with one attached hydrogen (secondary N) is 1. The van der Waals surface area contributed by atoms with E-state index in [1.165, 1.54) is 11.1 Å². The summed E-state index contributed by atoms with van der Waals surface area (Å²) in [4.78, 5) is 0. The summed E-state index contributed by atoms with van der Waals surface area (Å²) in [6.45, 7) is 3.08. The Bertz CT molecular complexity index is 467. The van der Waals surface area contributed by atoms with Crippen LogP contribution in [-0.4, -0.2) is 6.54 Å². The van der Waals surface area contributed by atoms with Crippen molar-refractivity contribution in [2.75, 3.05) is 6.54 Å². The van der Waals surface area contributed by atoms with Gasteiger partial charge in [0, 0.05) is 4.47 Å². The molecule has 2 heteroatoms. The SMILES string of the molecule is CCNC(c1ccccc1)c1ccccc1Br. The molecular formula is C15H16BrN. The van der Waals surface area contributed by atoms with Crippen molar-refractivity contribution in [1.82, 2.24) is 5.32 Å². The van der Waals surface area contributed by atoms with Gasteiger partial charge in [-0.3, -0.25) is 0 Å². The van der Waals surface area contributed by atoms with Crippen LogP contribution in [0.25, 0.3) is 0 Å². The molecule has 2 rings (SSSR count). The fourth-order valence-corrected chi connectivity index (χ4v) is 2.48. The van der Waals surface area contributed by atoms with Gasteiger partial charge in [-0.05, 0) is 23.7 Å². The molecule has 0 saturated carbocycles. The molecule has 2 aromatic carbocycles. The lowest BCUT2D eigenvalue weighted by atomic mass is 9.99. The van der Waals surface area contributed by atoms with Crippen molar-refractivity contribution in [3.8, 4) is 0 Å². The molecule has 0 radical (unpaired) electrons. The molecule has 1 atom stereocenters. The second-order valence-corrected chi connectivity index (χ2v) is 4.78. The summed E-state index contributed by atoms with van der Waals surface area (Å²) in [5, 5.41) is 3.53. The molecule has 1 N–H and O–H groups in total. The minimum Gasteiger partial charge on any atom is -0.306 e. The predicted molar refractivity (Wildman–Crippen MR) is 76.1 cm³/mol. The second-order valence-electron chi connectivity index (χ2n) is 3.92. The third kappa shape index (κ3) is 2.96. The highest BCUT2D eigenvalue weighted by atomic mass is 79.9. The van der Waals surface area contributed by atoms with E-state index in [4.69, 9.17) is 0 Å². The summed E-state index contributed by atoms with van der Waals surface area (Å²) < 4.78 is 1.15. The van der Waals surface area contributed by atoms with Crippen molar-refractivity contribution < 1.29 is 0 Å². The Morgan fingerprint density at radius 3 is 2.29 bits per heavy atom. The van der Waals surface area contributed by atoms with E-state index in [9.17, 15) is 0 Å². The third-order valence-electron chi connectivity index (χ3n) is 2.76. The van der Waals surface area contributed by atoms with Gasteiger partial charge in [-0.25, -0.2) is 0 Å². The minimum absolute atomic E-state index is 0.247. The molecule has 0 amide bonds. The molecule has 88 valence electrons. The standard InChI is InChI=1S/C15H16BrN/c1-2-17-15(12-8-4-3-5-9-12)13-10-6-7-11-14(13)16/h3-11,15,17H,2H2,1H3. The monoisotopic (exact) mass is 289 g/mol. The Morgan fingerprint density at radius 2 is 1.65 bits per heavy atom. The second kappa shape index (κ2) is 5.99. The predicted octanol–water partition coefficient (Wildman–Crippen LogP) is 4.15. The van der Waals surface area contributed by atoms with Gasteiger partial charge in [0.1, 0.15) is 0 Å². The molecule has 1 unspecified atom stereocenters. The van der Waals surface area contributed by atoms with Gasteiger partial charge in [0.05, 0.1) is 6.04 Å². The molecule has 1 nitrogen and oxygen atoms in total. The summed E-state index contributed by atoms with van der Waals surface area (Å²) >= 11 is 3.62. The zero-order chi connectivity index (χ0) is 12.1. The fraction of sp³-hybridized carbons (Fsp3) is 0.200. The molecule has 0 aliphatic rings. The average Bonchev–Trinajstić information content (AvgIpc) is 2.38. The van der Waals surface area contributed by atoms with E-state index in [1.807, 2.05) is 12.1 Å². The first kappa shape index (κ1) is 12.3. The maximum Gasteiger partial charge on any atom is 0.0587 e. The first-order chi connectivity index (χ1) is 8.33. The minimum atomic E-state index is 0.247. The van der Waals surface area contributed by atoms with Crippen LogP contribution in [0, 0.1) is 0 Å². The van der Waals surface area contributed by atoms with Crippen LogP contribution in [0.2, 0.25) is 0 Å². The highest BCUT2D eigenvalue weighted by Crippen LogP contribution is 2.28. The number of hydrogen-bond acceptors (Lipinski definition) is 1. The van der Waals surface area contributed by atoms with Gasteiger partial charge < -0.3 is 5.32 Å². The van der Waals surface area contributed by atoms with Crippen molar-refractivity contribution in [2.45, 2.75) is 13.0 Å². The Kier molecular flexibility index (Phi) is 4.35. The molecule has 0 fully saturated rings. The molecule has 0 heterocycles. The van der Waals surface area contributed by atoms with Gasteiger partial charge >= 0.3 is 0 Å². The zero-order valence-electron chi connectivity index (χ0n) is 9.86. The van der Waals surface area contributed by atoms with Crippen molar-refractivity contribution in [1.29, 1.82) is 0 Å². The van der Waals surface area contributed by atoms with E-state index in [-0.39, 0.29) is 6.04 Å². The van der Waals surface area contributed by atoms with Gasteiger partial charge in [0.25, 0.3) is 0 Å². The van der Waals surface area contributed by atoms with E-state index >= 15 is 0 Å². The zero-order valence-corrected chi connectivity index (χ0v) is 11.4. The maximum atomic E-state index is 3.62. The smallest absolute Gasteiger partial charge is 0.0587 e. The molecule has 0 aliphatic heterocycles. The van der Waals surface area contributed by atoms with Gasteiger partial charge in [0.2, 0.25) is 0 Å². The highest BCUT2D eigenvalue weighted by molar-refractivity contribution is 9.10. The number of hydrogen-bond donors (Lipinski definition) is 1. The van der Waals surface area contributed by atoms with E-state index in [0.717, 1.165) is 11.0 Å². The average molecular weight is 290 g/mol. The van der Waals surface area contributed by atoms with Crippen LogP contribution in [0.3, 0.4) is 0 Å². The number of halogens is 1. The van der Waals surface area contributed by atoms with Crippen molar-refractivity contribution >= 4 is 15.9 Å². The lowest BCUT2D eigenvalue weighted by Gasteiger charge is -2.20. The van der Waals surface area contributed by atoms with E-state index in [2.05, 4.69) is 70.6 Å². The van der Waals surface area contributed by atoms with E-state index in [1.54, 1.807) is 0 Å². The molecule has 0 bridgehead atoms. The van der Waals surface area contributed by atoms with Gasteiger partial charge in [-0.15, -0.1) is 0 Å². The molecular weight excluding hydrogens is 274 g/mol. The van der Waals surface area contributed by atoms with Gasteiger partial charge in [-0.2, -0.15) is 0 Å². The topological polar surface area (TPSA) is 12.0 Å². The molecule has 0 spiro atoms. The molecule has 2 aromatic rings. The Balaban J connectivity index is 2.39. The van der Waals surface area contributed by atoms with Crippen molar-refractivity contribution in [3.63, 3.8) is 0 Å². The van der Waals surface area contributed by atoms with Crippen LogP contribution in [0.4, 0.5) is 0 Å². The van der Waals surface area contributed by atoms with E-state index < -0.39 is 0 Å². The third-order valence-corrected chi connectivity index (χ3v) is 3.48. The lowest BCUT2D eigenvalue weighted by molar-refractivity contribution is 0.628. The van der Waals surface area contributed by atoms with Crippen LogP contribution in [0.5, 0.6) is 0 Å². The molecule has 17 heavy (non-hydrogen) atoms. The maximum absolute atomic E-state index is 3.62. The van der Waals surface area contributed by atoms with Crippen molar-refractivity contribution in [3.05, 3.63) is 70.2 Å². The summed E-state index contributed by atoms with van der Waals surface area (Å²) in [5.74, 6) is 0. The first-order valence-corrected chi connectivity index (χ1v) is 6.65. The van der Waals surface area contributed by atoms with Crippen LogP contribution >= 0.6 is 15.9 Å². The fourth-order valence-electron chi connectivity index (χ4n) is 1.97. The molecule has 0 saturated heterocycles. The Morgan fingerprint density at radius 1 is 1.00 bits per heavy atom. The van der Waals surface area contributed by atoms with Crippen LogP contribution in [0.15, 0.2) is 59.1 Å². The lowest BCUT2D eigenvalue weighted by Crippen LogP contribution is -2.22. The quantitative estimate of drug-likeness (QED) is 0.892. The first-order valence-electron chi connectivity index (χ1n) is 5.85. The number of benzene rings is 2. The van der Waals surface area contributed by atoms with Gasteiger partial charge in [0.15, 0.2) is 0 Å². The van der Waals surface area contributed by atoms with Crippen molar-refractivity contribution in [2.24, 2.45) is 0 Å². The normalized spacial score (nSPS) is 12.4. The largest absolute Gasteiger partial charge is 0.306 e. The van der Waals surface area contributed by atoms with Gasteiger partial charge in [-0.1, -0.05) is 71.4 Å². The summed E-state index contributed by atoms with van der Waals surface area (Å²) in [6, 6.07) is 19.1. The molecule has 0 aliphatic carbocycles. The summed E-state index contributed by atoms with van der Waals surface area (Å²) in [7, 11) is 0. The Hall–Kier alpha value is -1.12. The van der Waals surface area contributed by atoms with Crippen LogP contribution in [-0.2, 0) is 0 Å². The van der Waals surface area contributed by atoms with Crippen LogP contribution in [0.1, 0.15) is 24.1 Å². The molecule has 0 aromatic heterocycles. The summed E-state index contributed by atoms with van der Waals surface area (Å²) in [5.41, 5.74) is 2.57. The summed E-state index contributed by atoms with van der Waals surface area (Å²) in [6.07, 6.45) is 0. The number of rotatable bonds is 4. The van der Waals surface area contributed by atoms with E-state index in [0.29, 0.717) is 0 Å². The Labute approximate surface area is 111 Å². The van der Waals surface area contributed by atoms with Crippen LogP contribution < -0.4 is 5.32 Å². The highest BCUT2D eigenvalue weighted by Gasteiger charge is 2.14.